The number of amides is 1. The van der Waals surface area contributed by atoms with Gasteiger partial charge in [0.2, 0.25) is 0 Å². The van der Waals surface area contributed by atoms with Crippen molar-refractivity contribution in [1.29, 1.82) is 0 Å². The van der Waals surface area contributed by atoms with Crippen LogP contribution in [0.2, 0.25) is 0 Å². The Morgan fingerprint density at radius 1 is 1.16 bits per heavy atom. The van der Waals surface area contributed by atoms with Gasteiger partial charge in [0.1, 0.15) is 5.75 Å². The second-order valence-electron chi connectivity index (χ2n) is 5.01. The summed E-state index contributed by atoms with van der Waals surface area (Å²) in [5.41, 5.74) is 1.90. The summed E-state index contributed by atoms with van der Waals surface area (Å²) in [6.45, 7) is 0. The van der Waals surface area contributed by atoms with Crippen LogP contribution in [0.4, 0.5) is 0 Å². The molecule has 1 aliphatic rings. The highest BCUT2D eigenvalue weighted by Crippen LogP contribution is 2.27. The lowest BCUT2D eigenvalue weighted by molar-refractivity contribution is -0.115. The highest BCUT2D eigenvalue weighted by atomic mass is 127. The molecule has 1 aliphatic heterocycles. The first kappa shape index (κ1) is 17.7. The summed E-state index contributed by atoms with van der Waals surface area (Å²) in [6.07, 6.45) is 3.48. The van der Waals surface area contributed by atoms with E-state index < -0.39 is 0 Å². The summed E-state index contributed by atoms with van der Waals surface area (Å²) < 4.78 is 6.19. The molecular formula is C18H14IN3O2S. The highest BCUT2D eigenvalue weighted by molar-refractivity contribution is 14.1. The van der Waals surface area contributed by atoms with Crippen LogP contribution < -0.4 is 10.1 Å². The second kappa shape index (κ2) is 8.30. The van der Waals surface area contributed by atoms with Gasteiger partial charge in [-0.15, -0.1) is 5.10 Å². The Bertz CT molecular complexity index is 876. The molecular weight excluding hydrogens is 449 g/mol. The molecule has 0 aliphatic carbocycles. The minimum absolute atomic E-state index is 0.164. The normalized spacial score (nSPS) is 17.4. The number of nitrogens with zero attached hydrogens (tertiary/aromatic N) is 2. The van der Waals surface area contributed by atoms with Crippen LogP contribution in [0.15, 0.2) is 63.6 Å². The third kappa shape index (κ3) is 4.70. The molecule has 0 spiro atoms. The Morgan fingerprint density at radius 3 is 2.64 bits per heavy atom. The van der Waals surface area contributed by atoms with Gasteiger partial charge in [-0.1, -0.05) is 18.2 Å². The number of rotatable bonds is 4. The van der Waals surface area contributed by atoms with Gasteiger partial charge < -0.3 is 4.74 Å². The maximum atomic E-state index is 12.1. The van der Waals surface area contributed by atoms with Crippen molar-refractivity contribution in [2.24, 2.45) is 10.2 Å². The Kier molecular flexibility index (Phi) is 5.87. The van der Waals surface area contributed by atoms with Crippen LogP contribution in [-0.2, 0) is 4.79 Å². The summed E-state index contributed by atoms with van der Waals surface area (Å²) in [5.74, 6) is 0.621. The van der Waals surface area contributed by atoms with Crippen LogP contribution in [0.3, 0.4) is 0 Å². The van der Waals surface area contributed by atoms with Crippen molar-refractivity contribution >= 4 is 57.7 Å². The molecule has 3 rings (SSSR count). The molecule has 1 heterocycles. The second-order valence-corrected chi connectivity index (χ2v) is 7.20. The lowest BCUT2D eigenvalue weighted by Gasteiger charge is -1.98. The summed E-state index contributed by atoms with van der Waals surface area (Å²) in [5, 5.41) is 11.3. The van der Waals surface area contributed by atoms with E-state index in [2.05, 4.69) is 38.1 Å². The molecule has 25 heavy (non-hydrogen) atoms. The fourth-order valence-electron chi connectivity index (χ4n) is 2.05. The third-order valence-electron chi connectivity index (χ3n) is 3.31. The number of carbonyl (C=O) groups excluding carboxylic acids is 1. The zero-order valence-electron chi connectivity index (χ0n) is 13.3. The van der Waals surface area contributed by atoms with E-state index >= 15 is 0 Å². The molecule has 0 unspecified atom stereocenters. The lowest BCUT2D eigenvalue weighted by atomic mass is 10.2. The van der Waals surface area contributed by atoms with Crippen molar-refractivity contribution in [3.05, 3.63) is 68.1 Å². The topological polar surface area (TPSA) is 63.1 Å². The van der Waals surface area contributed by atoms with Gasteiger partial charge in [-0.2, -0.15) is 5.10 Å². The van der Waals surface area contributed by atoms with Gasteiger partial charge in [0.25, 0.3) is 5.91 Å². The van der Waals surface area contributed by atoms with E-state index in [1.54, 1.807) is 13.3 Å². The Labute approximate surface area is 163 Å². The summed E-state index contributed by atoms with van der Waals surface area (Å²) >= 11 is 3.52. The number of thioether (sulfide) groups is 1. The van der Waals surface area contributed by atoms with Crippen LogP contribution in [0.25, 0.3) is 6.08 Å². The number of hydrogen-bond acceptors (Lipinski definition) is 5. The van der Waals surface area contributed by atoms with Crippen molar-refractivity contribution in [2.75, 3.05) is 7.11 Å². The molecule has 1 amide bonds. The Morgan fingerprint density at radius 2 is 1.92 bits per heavy atom. The maximum absolute atomic E-state index is 12.1. The molecule has 1 fully saturated rings. The van der Waals surface area contributed by atoms with E-state index in [0.717, 1.165) is 20.4 Å². The maximum Gasteiger partial charge on any atom is 0.264 e. The van der Waals surface area contributed by atoms with Crippen LogP contribution in [-0.4, -0.2) is 24.4 Å². The van der Waals surface area contributed by atoms with Crippen molar-refractivity contribution in [3.63, 3.8) is 0 Å². The van der Waals surface area contributed by atoms with Crippen LogP contribution in [0.5, 0.6) is 5.75 Å². The monoisotopic (exact) mass is 463 g/mol. The molecule has 0 radical (unpaired) electrons. The summed E-state index contributed by atoms with van der Waals surface area (Å²) in [7, 11) is 1.62. The van der Waals surface area contributed by atoms with Gasteiger partial charge in [0.05, 0.1) is 18.2 Å². The number of halogens is 1. The number of methoxy groups -OCH3 is 1. The molecule has 126 valence electrons. The first-order valence-corrected chi connectivity index (χ1v) is 9.26. The molecule has 0 aromatic heterocycles. The van der Waals surface area contributed by atoms with Crippen molar-refractivity contribution in [1.82, 2.24) is 5.32 Å². The third-order valence-corrected chi connectivity index (χ3v) is 5.20. The predicted octanol–water partition coefficient (Wildman–Crippen LogP) is 3.89. The predicted molar refractivity (Wildman–Crippen MR) is 111 cm³/mol. The van der Waals surface area contributed by atoms with Gasteiger partial charge in [-0.3, -0.25) is 10.1 Å². The standard InChI is InChI=1S/C18H14IN3O2S/c1-24-14-8-6-12(7-9-14)11-20-22-18-21-17(23)16(25-18)10-13-4-2-3-5-15(13)19/h2-11H,1H3,(H,21,22,23)/b16-10-,20-11+. The first-order valence-electron chi connectivity index (χ1n) is 7.36. The van der Waals surface area contributed by atoms with E-state index in [1.807, 2.05) is 54.6 Å². The number of benzene rings is 2. The molecule has 0 saturated carbocycles. The summed E-state index contributed by atoms with van der Waals surface area (Å²) in [6, 6.07) is 15.3. The van der Waals surface area contributed by atoms with Crippen LogP contribution >= 0.6 is 34.4 Å². The van der Waals surface area contributed by atoms with E-state index in [0.29, 0.717) is 10.1 Å². The van der Waals surface area contributed by atoms with Crippen LogP contribution in [0, 0.1) is 3.57 Å². The number of carbonyl (C=O) groups is 1. The Hall–Kier alpha value is -2.13. The minimum atomic E-state index is -0.164. The molecule has 7 heteroatoms. The van der Waals surface area contributed by atoms with Crippen molar-refractivity contribution in [3.8, 4) is 5.75 Å². The van der Waals surface area contributed by atoms with Crippen LogP contribution in [0.1, 0.15) is 11.1 Å². The van der Waals surface area contributed by atoms with Gasteiger partial charge in [-0.25, -0.2) is 0 Å². The molecule has 2 aromatic carbocycles. The zero-order valence-corrected chi connectivity index (χ0v) is 16.2. The van der Waals surface area contributed by atoms with Gasteiger partial charge in [0, 0.05) is 3.57 Å². The van der Waals surface area contributed by atoms with E-state index in [4.69, 9.17) is 4.74 Å². The molecule has 2 aromatic rings. The molecule has 0 atom stereocenters. The van der Waals surface area contributed by atoms with Crippen molar-refractivity contribution in [2.45, 2.75) is 0 Å². The SMILES string of the molecule is COc1ccc(/C=N/N=C2\NC(=O)/C(=C/c3ccccc3I)S2)cc1. The molecule has 5 nitrogen and oxygen atoms in total. The molecule has 0 bridgehead atoms. The number of nitrogens with one attached hydrogen (secondary N) is 1. The molecule has 1 saturated heterocycles. The number of amidine groups is 1. The first-order chi connectivity index (χ1) is 12.2. The largest absolute Gasteiger partial charge is 0.497 e. The highest BCUT2D eigenvalue weighted by Gasteiger charge is 2.24. The zero-order chi connectivity index (χ0) is 17.6. The van der Waals surface area contributed by atoms with E-state index in [-0.39, 0.29) is 5.91 Å². The number of ether oxygens (including phenoxy) is 1. The van der Waals surface area contributed by atoms with E-state index in [9.17, 15) is 4.79 Å². The average molecular weight is 463 g/mol. The van der Waals surface area contributed by atoms with Gasteiger partial charge in [0.15, 0.2) is 5.17 Å². The van der Waals surface area contributed by atoms with E-state index in [1.165, 1.54) is 11.8 Å². The summed E-state index contributed by atoms with van der Waals surface area (Å²) in [4.78, 5) is 12.7. The van der Waals surface area contributed by atoms with Gasteiger partial charge in [-0.05, 0) is 81.9 Å². The molecule has 1 N–H and O–H groups in total. The fraction of sp³-hybridized carbons (Fsp3) is 0.0556. The van der Waals surface area contributed by atoms with Gasteiger partial charge >= 0.3 is 0 Å². The average Bonchev–Trinajstić information content (AvgIpc) is 2.97. The number of hydrogen-bond donors (Lipinski definition) is 1. The smallest absolute Gasteiger partial charge is 0.264 e. The lowest BCUT2D eigenvalue weighted by Crippen LogP contribution is -2.19. The minimum Gasteiger partial charge on any atom is -0.497 e. The fourth-order valence-corrected chi connectivity index (χ4v) is 3.36. The Balaban J connectivity index is 1.70. The quantitative estimate of drug-likeness (QED) is 0.324. The van der Waals surface area contributed by atoms with Crippen molar-refractivity contribution < 1.29 is 9.53 Å².